The number of hydrogen-bond acceptors (Lipinski definition) is 3. The molecule has 1 rings (SSSR count). The maximum Gasteiger partial charge on any atom is 0.237 e. The third-order valence-electron chi connectivity index (χ3n) is 2.35. The summed E-state index contributed by atoms with van der Waals surface area (Å²) in [7, 11) is -3.47. The summed E-state index contributed by atoms with van der Waals surface area (Å²) in [6, 6.07) is 4.79. The van der Waals surface area contributed by atoms with Gasteiger partial charge < -0.3 is 5.73 Å². The average Bonchev–Trinajstić information content (AvgIpc) is 2.28. The van der Waals surface area contributed by atoms with Crippen LogP contribution >= 0.6 is 11.6 Å². The van der Waals surface area contributed by atoms with Gasteiger partial charge in [0.05, 0.1) is 16.3 Å². The summed E-state index contributed by atoms with van der Waals surface area (Å²) < 4.78 is 25.7. The fourth-order valence-corrected chi connectivity index (χ4v) is 2.05. The molecule has 1 aromatic carbocycles. The molecule has 0 aliphatic heterocycles. The molecular formula is C13H17ClN2O2S. The summed E-state index contributed by atoms with van der Waals surface area (Å²) in [5.41, 5.74) is 6.27. The monoisotopic (exact) mass is 300 g/mol. The van der Waals surface area contributed by atoms with Crippen molar-refractivity contribution in [2.24, 2.45) is 5.73 Å². The van der Waals surface area contributed by atoms with Gasteiger partial charge in [-0.25, -0.2) is 8.42 Å². The van der Waals surface area contributed by atoms with Gasteiger partial charge in [-0.15, -0.1) is 0 Å². The first-order valence-electron chi connectivity index (χ1n) is 5.68. The Morgan fingerprint density at radius 3 is 2.53 bits per heavy atom. The second-order valence-corrected chi connectivity index (χ2v) is 7.76. The number of nitrogens with one attached hydrogen (secondary N) is 1. The Bertz CT molecular complexity index is 622. The topological polar surface area (TPSA) is 72.2 Å². The third kappa shape index (κ3) is 4.13. The Labute approximate surface area is 119 Å². The van der Waals surface area contributed by atoms with Crippen LogP contribution in [0.3, 0.4) is 0 Å². The van der Waals surface area contributed by atoms with E-state index in [-0.39, 0.29) is 6.54 Å². The highest BCUT2D eigenvalue weighted by atomic mass is 35.5. The van der Waals surface area contributed by atoms with Gasteiger partial charge in [0.25, 0.3) is 0 Å². The number of rotatable bonds is 2. The van der Waals surface area contributed by atoms with Gasteiger partial charge in [-0.3, -0.25) is 4.72 Å². The first-order valence-corrected chi connectivity index (χ1v) is 7.54. The van der Waals surface area contributed by atoms with Gasteiger partial charge in [-0.05, 0) is 39.0 Å². The predicted molar refractivity (Wildman–Crippen MR) is 79.7 cm³/mol. The van der Waals surface area contributed by atoms with Gasteiger partial charge in [0.2, 0.25) is 10.0 Å². The molecule has 4 nitrogen and oxygen atoms in total. The highest BCUT2D eigenvalue weighted by molar-refractivity contribution is 7.94. The van der Waals surface area contributed by atoms with Crippen molar-refractivity contribution in [3.8, 4) is 11.8 Å². The molecule has 6 heteroatoms. The van der Waals surface area contributed by atoms with E-state index >= 15 is 0 Å². The van der Waals surface area contributed by atoms with Gasteiger partial charge in [0.1, 0.15) is 0 Å². The second-order valence-electron chi connectivity index (χ2n) is 4.92. The third-order valence-corrected chi connectivity index (χ3v) is 4.80. The Hall–Kier alpha value is -1.22. The first kappa shape index (κ1) is 15.8. The molecule has 0 bridgehead atoms. The number of benzene rings is 1. The van der Waals surface area contributed by atoms with Crippen molar-refractivity contribution in [3.05, 3.63) is 28.8 Å². The Kier molecular flexibility index (Phi) is 4.86. The lowest BCUT2D eigenvalue weighted by atomic mass is 10.2. The van der Waals surface area contributed by atoms with E-state index in [1.807, 2.05) is 0 Å². The molecule has 0 unspecified atom stereocenters. The summed E-state index contributed by atoms with van der Waals surface area (Å²) in [6.45, 7) is 5.09. The molecule has 0 spiro atoms. The van der Waals surface area contributed by atoms with Crippen LogP contribution in [0, 0.1) is 11.8 Å². The normalized spacial score (nSPS) is 11.6. The summed E-state index contributed by atoms with van der Waals surface area (Å²) in [5.74, 6) is 5.48. The van der Waals surface area contributed by atoms with E-state index in [1.54, 1.807) is 39.0 Å². The molecule has 0 saturated carbocycles. The summed E-state index contributed by atoms with van der Waals surface area (Å²) in [6.07, 6.45) is 0. The van der Waals surface area contributed by atoms with Crippen molar-refractivity contribution in [3.63, 3.8) is 0 Å². The molecule has 0 fully saturated rings. The molecular weight excluding hydrogens is 284 g/mol. The van der Waals surface area contributed by atoms with Gasteiger partial charge >= 0.3 is 0 Å². The van der Waals surface area contributed by atoms with E-state index in [2.05, 4.69) is 16.6 Å². The molecule has 0 radical (unpaired) electrons. The minimum absolute atomic E-state index is 0.217. The van der Waals surface area contributed by atoms with Crippen LogP contribution in [0.5, 0.6) is 0 Å². The van der Waals surface area contributed by atoms with Crippen molar-refractivity contribution in [2.45, 2.75) is 25.5 Å². The van der Waals surface area contributed by atoms with Crippen molar-refractivity contribution in [1.29, 1.82) is 0 Å². The lowest BCUT2D eigenvalue weighted by Crippen LogP contribution is -2.33. The van der Waals surface area contributed by atoms with Crippen molar-refractivity contribution in [2.75, 3.05) is 11.3 Å². The summed E-state index contributed by atoms with van der Waals surface area (Å²) in [5, 5.41) is 0.458. The van der Waals surface area contributed by atoms with Crippen LogP contribution in [0.1, 0.15) is 26.3 Å². The standard InChI is InChI=1S/C13H17ClN2O2S/c1-13(2,3)19(17,18)16-11-6-7-12(14)10(9-11)5-4-8-15/h6-7,9,16H,8,15H2,1-3H3. The summed E-state index contributed by atoms with van der Waals surface area (Å²) >= 11 is 5.97. The first-order chi connectivity index (χ1) is 8.67. The van der Waals surface area contributed by atoms with Gasteiger partial charge in [0, 0.05) is 11.3 Å². The zero-order chi connectivity index (χ0) is 14.7. The van der Waals surface area contributed by atoms with E-state index in [0.29, 0.717) is 16.3 Å². The lowest BCUT2D eigenvalue weighted by Gasteiger charge is -2.20. The maximum atomic E-state index is 12.0. The lowest BCUT2D eigenvalue weighted by molar-refractivity contribution is 0.566. The highest BCUT2D eigenvalue weighted by Gasteiger charge is 2.28. The van der Waals surface area contributed by atoms with E-state index in [1.165, 1.54) is 0 Å². The zero-order valence-corrected chi connectivity index (χ0v) is 12.7. The molecule has 104 valence electrons. The molecule has 0 saturated heterocycles. The molecule has 0 atom stereocenters. The van der Waals surface area contributed by atoms with Gasteiger partial charge in [-0.1, -0.05) is 23.4 Å². The van der Waals surface area contributed by atoms with E-state index in [9.17, 15) is 8.42 Å². The largest absolute Gasteiger partial charge is 0.320 e. The number of sulfonamides is 1. The molecule has 19 heavy (non-hydrogen) atoms. The van der Waals surface area contributed by atoms with Crippen molar-refractivity contribution >= 4 is 27.3 Å². The minimum atomic E-state index is -3.47. The van der Waals surface area contributed by atoms with Crippen molar-refractivity contribution in [1.82, 2.24) is 0 Å². The van der Waals surface area contributed by atoms with Gasteiger partial charge in [0.15, 0.2) is 0 Å². The SMILES string of the molecule is CC(C)(C)S(=O)(=O)Nc1ccc(Cl)c(C#CCN)c1. The number of hydrogen-bond donors (Lipinski definition) is 2. The number of nitrogens with two attached hydrogens (primary N) is 1. The average molecular weight is 301 g/mol. The van der Waals surface area contributed by atoms with Crippen molar-refractivity contribution < 1.29 is 8.42 Å². The van der Waals surface area contributed by atoms with E-state index in [4.69, 9.17) is 17.3 Å². The quantitative estimate of drug-likeness (QED) is 0.822. The zero-order valence-electron chi connectivity index (χ0n) is 11.1. The Balaban J connectivity index is 3.11. The van der Waals surface area contributed by atoms with Crippen LogP contribution in [-0.2, 0) is 10.0 Å². The van der Waals surface area contributed by atoms with Gasteiger partial charge in [-0.2, -0.15) is 0 Å². The molecule has 0 aliphatic carbocycles. The second kappa shape index (κ2) is 5.83. The van der Waals surface area contributed by atoms with Crippen LogP contribution in [0.2, 0.25) is 5.02 Å². The molecule has 1 aromatic rings. The Morgan fingerprint density at radius 1 is 1.37 bits per heavy atom. The van der Waals surface area contributed by atoms with Crippen LogP contribution in [0.15, 0.2) is 18.2 Å². The molecule has 3 N–H and O–H groups in total. The van der Waals surface area contributed by atoms with Crippen LogP contribution in [-0.4, -0.2) is 19.7 Å². The van der Waals surface area contributed by atoms with Crippen LogP contribution in [0.25, 0.3) is 0 Å². The smallest absolute Gasteiger partial charge is 0.237 e. The predicted octanol–water partition coefficient (Wildman–Crippen LogP) is 2.19. The fraction of sp³-hybridized carbons (Fsp3) is 0.385. The number of anilines is 1. The molecule has 0 amide bonds. The molecule has 0 heterocycles. The van der Waals surface area contributed by atoms with E-state index in [0.717, 1.165) is 0 Å². The maximum absolute atomic E-state index is 12.0. The summed E-state index contributed by atoms with van der Waals surface area (Å²) in [4.78, 5) is 0. The van der Waals surface area contributed by atoms with E-state index < -0.39 is 14.8 Å². The Morgan fingerprint density at radius 2 is 2.00 bits per heavy atom. The molecule has 0 aliphatic rings. The van der Waals surface area contributed by atoms with Crippen LogP contribution in [0.4, 0.5) is 5.69 Å². The highest BCUT2D eigenvalue weighted by Crippen LogP contribution is 2.23. The minimum Gasteiger partial charge on any atom is -0.320 e. The number of halogens is 1. The van der Waals surface area contributed by atoms with Crippen LogP contribution < -0.4 is 10.5 Å². The molecule has 0 aromatic heterocycles. The fourth-order valence-electron chi connectivity index (χ4n) is 1.14.